The number of rotatable bonds is 4. The summed E-state index contributed by atoms with van der Waals surface area (Å²) >= 11 is 0. The molecule has 2 heterocycles. The maximum absolute atomic E-state index is 12.2. The maximum Gasteiger partial charge on any atom is 0.227 e. The summed E-state index contributed by atoms with van der Waals surface area (Å²) in [7, 11) is 0. The summed E-state index contributed by atoms with van der Waals surface area (Å²) < 4.78 is 0. The Morgan fingerprint density at radius 1 is 1.39 bits per heavy atom. The first-order chi connectivity index (χ1) is 11.2. The van der Waals surface area contributed by atoms with Gasteiger partial charge in [-0.1, -0.05) is 5.11 Å². The molecule has 0 saturated carbocycles. The van der Waals surface area contributed by atoms with Crippen LogP contribution < -0.4 is 9.80 Å². The summed E-state index contributed by atoms with van der Waals surface area (Å²) in [5.74, 6) is 0.0585. The molecule has 1 amide bonds. The van der Waals surface area contributed by atoms with E-state index in [1.165, 1.54) is 0 Å². The molecule has 0 aromatic heterocycles. The summed E-state index contributed by atoms with van der Waals surface area (Å²) in [6, 6.07) is 7.89. The van der Waals surface area contributed by atoms with E-state index in [0.717, 1.165) is 37.3 Å². The van der Waals surface area contributed by atoms with Gasteiger partial charge in [-0.05, 0) is 42.5 Å². The van der Waals surface area contributed by atoms with E-state index in [0.29, 0.717) is 25.1 Å². The highest BCUT2D eigenvalue weighted by atomic mass is 16.2. The molecule has 1 unspecified atom stereocenters. The van der Waals surface area contributed by atoms with Crippen LogP contribution in [-0.4, -0.2) is 32.1 Å². The molecule has 2 aliphatic rings. The number of anilines is 2. The molecule has 1 atom stereocenters. The predicted molar refractivity (Wildman–Crippen MR) is 87.1 cm³/mol. The Morgan fingerprint density at radius 2 is 2.17 bits per heavy atom. The molecule has 1 aromatic rings. The minimum Gasteiger partial charge on any atom is -0.370 e. The molecule has 2 fully saturated rings. The van der Waals surface area contributed by atoms with Crippen molar-refractivity contribution in [1.82, 2.24) is 0 Å². The Morgan fingerprint density at radius 3 is 2.87 bits per heavy atom. The number of azide groups is 1. The summed E-state index contributed by atoms with van der Waals surface area (Å²) in [5, 5.41) is 13.0. The lowest BCUT2D eigenvalue weighted by Crippen LogP contribution is -2.25. The molecule has 3 rings (SSSR count). The van der Waals surface area contributed by atoms with Crippen LogP contribution in [0.25, 0.3) is 10.4 Å². The molecule has 2 saturated heterocycles. The summed E-state index contributed by atoms with van der Waals surface area (Å²) in [4.78, 5) is 18.8. The fourth-order valence-corrected chi connectivity index (χ4v) is 3.32. The fraction of sp³-hybridized carbons (Fsp3) is 0.500. The average molecular weight is 310 g/mol. The topological polar surface area (TPSA) is 96.1 Å². The van der Waals surface area contributed by atoms with Crippen molar-refractivity contribution in [2.75, 3.05) is 36.0 Å². The summed E-state index contributed by atoms with van der Waals surface area (Å²) in [6.45, 7) is 2.82. The first-order valence-electron chi connectivity index (χ1n) is 7.83. The van der Waals surface area contributed by atoms with E-state index in [2.05, 4.69) is 21.0 Å². The number of nitrogens with zero attached hydrogens (tertiary/aromatic N) is 6. The molecule has 2 aliphatic heterocycles. The lowest BCUT2D eigenvalue weighted by Gasteiger charge is -2.22. The van der Waals surface area contributed by atoms with Crippen LogP contribution in [0.1, 0.15) is 24.8 Å². The lowest BCUT2D eigenvalue weighted by molar-refractivity contribution is -0.117. The highest BCUT2D eigenvalue weighted by Crippen LogP contribution is 2.31. The first kappa shape index (κ1) is 15.2. The van der Waals surface area contributed by atoms with Crippen molar-refractivity contribution in [2.24, 2.45) is 11.0 Å². The van der Waals surface area contributed by atoms with Crippen LogP contribution >= 0.6 is 0 Å². The largest absolute Gasteiger partial charge is 0.370 e. The van der Waals surface area contributed by atoms with Gasteiger partial charge < -0.3 is 9.80 Å². The zero-order valence-electron chi connectivity index (χ0n) is 12.9. The second-order valence-corrected chi connectivity index (χ2v) is 6.00. The Hall–Kier alpha value is -2.71. The van der Waals surface area contributed by atoms with E-state index < -0.39 is 0 Å². The fourth-order valence-electron chi connectivity index (χ4n) is 3.32. The van der Waals surface area contributed by atoms with Crippen LogP contribution in [0, 0.1) is 17.2 Å². The van der Waals surface area contributed by atoms with Crippen LogP contribution in [0.4, 0.5) is 11.4 Å². The van der Waals surface area contributed by atoms with Gasteiger partial charge in [-0.25, -0.2) is 0 Å². The SMILES string of the molecule is N#Cc1cc(N2CC(CN=[N+]=[N-])CC2=O)ccc1N1CCCC1. The smallest absolute Gasteiger partial charge is 0.227 e. The van der Waals surface area contributed by atoms with Gasteiger partial charge in [-0.2, -0.15) is 5.26 Å². The van der Waals surface area contributed by atoms with Crippen LogP contribution in [-0.2, 0) is 4.79 Å². The zero-order chi connectivity index (χ0) is 16.2. The second kappa shape index (κ2) is 6.59. The quantitative estimate of drug-likeness (QED) is 0.486. The third-order valence-electron chi connectivity index (χ3n) is 4.47. The van der Waals surface area contributed by atoms with Crippen molar-refractivity contribution in [3.63, 3.8) is 0 Å². The van der Waals surface area contributed by atoms with E-state index in [9.17, 15) is 10.1 Å². The number of amides is 1. The van der Waals surface area contributed by atoms with E-state index in [4.69, 9.17) is 5.53 Å². The molecular weight excluding hydrogens is 292 g/mol. The number of hydrogen-bond acceptors (Lipinski definition) is 4. The Bertz CT molecular complexity index is 697. The normalized spacial score (nSPS) is 20.5. The van der Waals surface area contributed by atoms with Crippen LogP contribution in [0.3, 0.4) is 0 Å². The number of benzene rings is 1. The molecule has 0 spiro atoms. The minimum absolute atomic E-state index is 0.0148. The highest BCUT2D eigenvalue weighted by molar-refractivity contribution is 5.96. The Labute approximate surface area is 134 Å². The van der Waals surface area contributed by atoms with Gasteiger partial charge in [0, 0.05) is 43.2 Å². The van der Waals surface area contributed by atoms with Gasteiger partial charge in [0.2, 0.25) is 5.91 Å². The van der Waals surface area contributed by atoms with Crippen molar-refractivity contribution in [3.05, 3.63) is 34.2 Å². The third kappa shape index (κ3) is 3.08. The van der Waals surface area contributed by atoms with E-state index in [-0.39, 0.29) is 11.8 Å². The molecule has 23 heavy (non-hydrogen) atoms. The molecule has 0 radical (unpaired) electrons. The number of carbonyl (C=O) groups is 1. The van der Waals surface area contributed by atoms with Gasteiger partial charge in [0.05, 0.1) is 11.3 Å². The number of nitriles is 1. The molecule has 0 bridgehead atoms. The number of carbonyl (C=O) groups excluding carboxylic acids is 1. The average Bonchev–Trinajstić information content (AvgIpc) is 3.22. The van der Waals surface area contributed by atoms with Gasteiger partial charge in [0.15, 0.2) is 0 Å². The van der Waals surface area contributed by atoms with Crippen molar-refractivity contribution < 1.29 is 4.79 Å². The monoisotopic (exact) mass is 310 g/mol. The third-order valence-corrected chi connectivity index (χ3v) is 4.47. The lowest BCUT2D eigenvalue weighted by atomic mass is 10.1. The van der Waals surface area contributed by atoms with Gasteiger partial charge >= 0.3 is 0 Å². The molecule has 118 valence electrons. The predicted octanol–water partition coefficient (Wildman–Crippen LogP) is 2.82. The van der Waals surface area contributed by atoms with E-state index in [1.54, 1.807) is 11.0 Å². The maximum atomic E-state index is 12.2. The molecule has 0 N–H and O–H groups in total. The first-order valence-corrected chi connectivity index (χ1v) is 7.83. The number of hydrogen-bond donors (Lipinski definition) is 0. The van der Waals surface area contributed by atoms with Crippen molar-refractivity contribution in [3.8, 4) is 6.07 Å². The summed E-state index contributed by atoms with van der Waals surface area (Å²) in [6.07, 6.45) is 2.69. The summed E-state index contributed by atoms with van der Waals surface area (Å²) in [5.41, 5.74) is 10.7. The zero-order valence-corrected chi connectivity index (χ0v) is 12.9. The van der Waals surface area contributed by atoms with Gasteiger partial charge in [0.25, 0.3) is 0 Å². The van der Waals surface area contributed by atoms with Crippen LogP contribution in [0.15, 0.2) is 23.3 Å². The molecular formula is C16H18N6O. The highest BCUT2D eigenvalue weighted by Gasteiger charge is 2.30. The molecule has 0 aliphatic carbocycles. The minimum atomic E-state index is 0.0148. The van der Waals surface area contributed by atoms with Gasteiger partial charge in [-0.15, -0.1) is 0 Å². The van der Waals surface area contributed by atoms with Crippen LogP contribution in [0.5, 0.6) is 0 Å². The van der Waals surface area contributed by atoms with Crippen molar-refractivity contribution >= 4 is 17.3 Å². The van der Waals surface area contributed by atoms with Crippen molar-refractivity contribution in [1.29, 1.82) is 5.26 Å². The van der Waals surface area contributed by atoms with Crippen LogP contribution in [0.2, 0.25) is 0 Å². The van der Waals surface area contributed by atoms with E-state index in [1.807, 2.05) is 12.1 Å². The second-order valence-electron chi connectivity index (χ2n) is 6.00. The molecule has 7 heteroatoms. The standard InChI is InChI=1S/C16H18N6O/c17-9-13-8-14(3-4-15(13)21-5-1-2-6-21)22-11-12(7-16(22)23)10-19-20-18/h3-4,8,12H,1-2,5-7,10-11H2. The van der Waals surface area contributed by atoms with Crippen molar-refractivity contribution in [2.45, 2.75) is 19.3 Å². The Balaban J connectivity index is 1.82. The van der Waals surface area contributed by atoms with E-state index >= 15 is 0 Å². The molecule has 1 aromatic carbocycles. The van der Waals surface area contributed by atoms with Gasteiger partial charge in [-0.3, -0.25) is 4.79 Å². The van der Waals surface area contributed by atoms with Gasteiger partial charge in [0.1, 0.15) is 6.07 Å². The molecule has 7 nitrogen and oxygen atoms in total. The Kier molecular flexibility index (Phi) is 4.35.